The summed E-state index contributed by atoms with van der Waals surface area (Å²) in [6, 6.07) is 0. The number of hydrogen-bond acceptors (Lipinski definition) is 4. The van der Waals surface area contributed by atoms with Crippen molar-refractivity contribution >= 4 is 11.0 Å². The van der Waals surface area contributed by atoms with Crippen molar-refractivity contribution in [1.82, 2.24) is 0 Å². The van der Waals surface area contributed by atoms with Gasteiger partial charge in [-0.05, 0) is 0 Å². The molecule has 1 rings (SSSR count). The Bertz CT molecular complexity index is 128. The van der Waals surface area contributed by atoms with Crippen LogP contribution < -0.4 is 0 Å². The summed E-state index contributed by atoms with van der Waals surface area (Å²) in [5.41, 5.74) is 0. The highest BCUT2D eigenvalue weighted by Gasteiger charge is 2.22. The first-order valence-corrected chi connectivity index (χ1v) is 3.27. The van der Waals surface area contributed by atoms with E-state index < -0.39 is 11.0 Å². The van der Waals surface area contributed by atoms with Gasteiger partial charge in [0.25, 0.3) is 11.0 Å². The molecular formula is C3H6O4S. The van der Waals surface area contributed by atoms with Crippen LogP contribution in [0.25, 0.3) is 0 Å². The molecule has 1 saturated heterocycles. The predicted molar refractivity (Wildman–Crippen MR) is 26.0 cm³/mol. The molecule has 0 spiro atoms. The molecule has 1 heterocycles. The van der Waals surface area contributed by atoms with E-state index in [-0.39, 0.29) is 12.7 Å². The molecule has 0 aliphatic carbocycles. The molecule has 1 aliphatic heterocycles. The maximum absolute atomic E-state index is 9.69. The number of rotatable bonds is 3. The molecule has 0 saturated carbocycles. The summed E-state index contributed by atoms with van der Waals surface area (Å²) in [6.45, 7) is 0.807. The van der Waals surface area contributed by atoms with E-state index in [9.17, 15) is 8.42 Å². The van der Waals surface area contributed by atoms with E-state index in [1.165, 1.54) is 0 Å². The topological polar surface area (TPSA) is 55.9 Å². The van der Waals surface area contributed by atoms with Gasteiger partial charge < -0.3 is 4.74 Å². The molecule has 48 valence electrons. The molecule has 8 heavy (non-hydrogen) atoms. The van der Waals surface area contributed by atoms with Gasteiger partial charge in [-0.25, -0.2) is 8.42 Å². The number of hydrogen-bond donors (Lipinski definition) is 1. The fourth-order valence-corrected chi connectivity index (χ4v) is 0.596. The van der Waals surface area contributed by atoms with Gasteiger partial charge in [0.05, 0.1) is 13.2 Å². The second kappa shape index (κ2) is 2.43. The van der Waals surface area contributed by atoms with Gasteiger partial charge in [0.15, 0.2) is 0 Å². The van der Waals surface area contributed by atoms with Gasteiger partial charge in [0.2, 0.25) is 0 Å². The highest BCUT2D eigenvalue weighted by molar-refractivity contribution is 7.67. The minimum Gasteiger partial charge on any atom is -0.371 e. The van der Waals surface area contributed by atoms with Crippen LogP contribution in [0.5, 0.6) is 0 Å². The van der Waals surface area contributed by atoms with E-state index in [0.717, 1.165) is 0 Å². The maximum atomic E-state index is 9.69. The lowest BCUT2D eigenvalue weighted by molar-refractivity contribution is 0.275. The third-order valence-corrected chi connectivity index (χ3v) is 1.13. The van der Waals surface area contributed by atoms with Crippen molar-refractivity contribution in [2.75, 3.05) is 13.2 Å². The van der Waals surface area contributed by atoms with Crippen LogP contribution in [-0.4, -0.2) is 27.7 Å². The molecule has 0 aromatic rings. The predicted octanol–water partition coefficient (Wildman–Crippen LogP) is -1.07. The maximum Gasteiger partial charge on any atom is 0.257 e. The van der Waals surface area contributed by atoms with Gasteiger partial charge in [-0.3, -0.25) is 4.18 Å². The number of ether oxygens (including phenoxy) is 1. The summed E-state index contributed by atoms with van der Waals surface area (Å²) in [4.78, 5) is 0. The zero-order valence-corrected chi connectivity index (χ0v) is 4.97. The molecule has 0 radical (unpaired) electrons. The van der Waals surface area contributed by atoms with Crippen molar-refractivity contribution in [2.24, 2.45) is 0 Å². The Hall–Kier alpha value is -0.130. The van der Waals surface area contributed by atoms with Crippen LogP contribution in [0.15, 0.2) is 0 Å². The fourth-order valence-electron chi connectivity index (χ4n) is 0.308. The Labute approximate surface area is 48.6 Å². The summed E-state index contributed by atoms with van der Waals surface area (Å²) in [7, 11) is -2.67. The Kier molecular flexibility index (Phi) is 1.82. The van der Waals surface area contributed by atoms with Crippen molar-refractivity contribution in [1.29, 1.82) is 0 Å². The van der Waals surface area contributed by atoms with Crippen LogP contribution in [0.2, 0.25) is 0 Å². The minimum absolute atomic E-state index is 0.0305. The summed E-state index contributed by atoms with van der Waals surface area (Å²) in [5, 5.41) is 0. The van der Waals surface area contributed by atoms with Gasteiger partial charge in [0, 0.05) is 0 Å². The van der Waals surface area contributed by atoms with Gasteiger partial charge >= 0.3 is 0 Å². The fraction of sp³-hybridized carbons (Fsp3) is 1.00. The summed E-state index contributed by atoms with van der Waals surface area (Å²) in [6.07, 6.45) is 0.0305. The molecular weight excluding hydrogens is 132 g/mol. The zero-order chi connectivity index (χ0) is 5.98. The van der Waals surface area contributed by atoms with Crippen molar-refractivity contribution < 1.29 is 17.3 Å². The SMILES string of the molecule is O=[SH](=O)OCC1CO1. The monoisotopic (exact) mass is 138 g/mol. The molecule has 0 bridgehead atoms. The van der Waals surface area contributed by atoms with Crippen LogP contribution in [0.1, 0.15) is 0 Å². The van der Waals surface area contributed by atoms with E-state index in [1.807, 2.05) is 0 Å². The normalized spacial score (nSPS) is 26.4. The molecule has 0 amide bonds. The van der Waals surface area contributed by atoms with Gasteiger partial charge in [-0.1, -0.05) is 0 Å². The molecule has 1 atom stereocenters. The van der Waals surface area contributed by atoms with Crippen LogP contribution in [0.4, 0.5) is 0 Å². The first kappa shape index (κ1) is 6.00. The summed E-state index contributed by atoms with van der Waals surface area (Å²) < 4.78 is 28.2. The first-order valence-electron chi connectivity index (χ1n) is 2.18. The van der Waals surface area contributed by atoms with Crippen LogP contribution in [-0.2, 0) is 19.9 Å². The lowest BCUT2D eigenvalue weighted by atomic mass is 10.5. The van der Waals surface area contributed by atoms with Crippen molar-refractivity contribution in [3.05, 3.63) is 0 Å². The molecule has 1 fully saturated rings. The van der Waals surface area contributed by atoms with Crippen molar-refractivity contribution in [3.8, 4) is 0 Å². The molecule has 1 unspecified atom stereocenters. The summed E-state index contributed by atoms with van der Waals surface area (Å²) >= 11 is 0. The van der Waals surface area contributed by atoms with Crippen molar-refractivity contribution in [3.63, 3.8) is 0 Å². The van der Waals surface area contributed by atoms with Gasteiger partial charge in [0.1, 0.15) is 6.10 Å². The average molecular weight is 138 g/mol. The number of thiol groups is 1. The molecule has 1 aliphatic rings. The largest absolute Gasteiger partial charge is 0.371 e. The quantitative estimate of drug-likeness (QED) is 0.398. The number of epoxide rings is 1. The van der Waals surface area contributed by atoms with E-state index in [4.69, 9.17) is 0 Å². The Morgan fingerprint density at radius 1 is 1.75 bits per heavy atom. The van der Waals surface area contributed by atoms with Crippen LogP contribution in [0, 0.1) is 0 Å². The standard InChI is InChI=1S/C3H6O4S/c4-8(5)7-2-3-1-6-3/h3,8H,1-2H2. The summed E-state index contributed by atoms with van der Waals surface area (Å²) in [5.74, 6) is 0. The molecule has 0 aromatic carbocycles. The highest BCUT2D eigenvalue weighted by Crippen LogP contribution is 2.07. The molecule has 0 aromatic heterocycles. The highest BCUT2D eigenvalue weighted by atomic mass is 32.2. The van der Waals surface area contributed by atoms with Gasteiger partial charge in [-0.2, -0.15) is 0 Å². The van der Waals surface area contributed by atoms with E-state index >= 15 is 0 Å². The lowest BCUT2D eigenvalue weighted by Gasteiger charge is -1.85. The van der Waals surface area contributed by atoms with E-state index in [1.54, 1.807) is 0 Å². The third kappa shape index (κ3) is 2.25. The third-order valence-electron chi connectivity index (χ3n) is 0.768. The molecule has 5 heteroatoms. The smallest absolute Gasteiger partial charge is 0.257 e. The van der Waals surface area contributed by atoms with Gasteiger partial charge in [-0.15, -0.1) is 0 Å². The average Bonchev–Trinajstić information content (AvgIpc) is 2.41. The Balaban J connectivity index is 2.03. The molecule has 0 N–H and O–H groups in total. The second-order valence-corrected chi connectivity index (χ2v) is 2.18. The Morgan fingerprint density at radius 2 is 2.38 bits per heavy atom. The second-order valence-electron chi connectivity index (χ2n) is 1.47. The van der Waals surface area contributed by atoms with Crippen LogP contribution >= 0.6 is 0 Å². The van der Waals surface area contributed by atoms with Crippen LogP contribution in [0.3, 0.4) is 0 Å². The minimum atomic E-state index is -2.67. The lowest BCUT2D eigenvalue weighted by Crippen LogP contribution is -1.98. The Morgan fingerprint density at radius 3 is 2.75 bits per heavy atom. The first-order chi connectivity index (χ1) is 3.79. The molecule has 4 nitrogen and oxygen atoms in total. The zero-order valence-electron chi connectivity index (χ0n) is 4.07. The van der Waals surface area contributed by atoms with E-state index in [0.29, 0.717) is 6.61 Å². The van der Waals surface area contributed by atoms with E-state index in [2.05, 4.69) is 8.92 Å². The van der Waals surface area contributed by atoms with Crippen molar-refractivity contribution in [2.45, 2.75) is 6.10 Å².